The van der Waals surface area contributed by atoms with Crippen molar-refractivity contribution in [2.24, 2.45) is 4.99 Å². The second kappa shape index (κ2) is 12.4. The number of aliphatic carboxylic acids is 2. The maximum atomic E-state index is 9.37. The minimum Gasteiger partial charge on any atom is -0.481 e. The lowest BCUT2D eigenvalue weighted by atomic mass is 10.5. The molecule has 0 spiro atoms. The Morgan fingerprint density at radius 2 is 1.73 bits per heavy atom. The highest BCUT2D eigenvalue weighted by Crippen LogP contribution is 1.68. The van der Waals surface area contributed by atoms with Gasteiger partial charge in [0.1, 0.15) is 0 Å². The maximum Gasteiger partial charge on any atom is 0.303 e. The molecular weight excluding hydrogens is 200 g/mol. The largest absolute Gasteiger partial charge is 0.481 e. The third kappa shape index (κ3) is 24.5. The maximum absolute atomic E-state index is 9.37. The quantitative estimate of drug-likeness (QED) is 0.641. The summed E-state index contributed by atoms with van der Waals surface area (Å²) in [4.78, 5) is 22.6. The van der Waals surface area contributed by atoms with Crippen molar-refractivity contribution in [3.8, 4) is 0 Å². The van der Waals surface area contributed by atoms with Crippen LogP contribution in [-0.4, -0.2) is 41.6 Å². The fourth-order valence-corrected chi connectivity index (χ4v) is 0.323. The molecule has 0 unspecified atom stereocenters. The molecule has 0 radical (unpaired) electrons. The van der Waals surface area contributed by atoms with Gasteiger partial charge in [0, 0.05) is 20.8 Å². The molecular formula is C9H20N2O4. The third-order valence-electron chi connectivity index (χ3n) is 1.17. The molecule has 0 bridgehead atoms. The fraction of sp³-hybridized carbons (Fsp3) is 0.667. The summed E-state index contributed by atoms with van der Waals surface area (Å²) in [7, 11) is 0. The molecule has 0 aromatic heterocycles. The summed E-state index contributed by atoms with van der Waals surface area (Å²) in [6.45, 7) is 5.19. The lowest BCUT2D eigenvalue weighted by Crippen LogP contribution is -2.04. The first kappa shape index (κ1) is 15.9. The minimum atomic E-state index is -0.745. The Morgan fingerprint density at radius 3 is 1.80 bits per heavy atom. The van der Waals surface area contributed by atoms with Crippen molar-refractivity contribution in [3.63, 3.8) is 0 Å². The van der Waals surface area contributed by atoms with Gasteiger partial charge in [0.15, 0.2) is 0 Å². The summed E-state index contributed by atoms with van der Waals surface area (Å²) >= 11 is 0. The predicted molar refractivity (Wildman–Crippen MR) is 59.3 cm³/mol. The van der Waals surface area contributed by atoms with Crippen molar-refractivity contribution < 1.29 is 21.2 Å². The SMILES string of the molecule is C1=NCCN1.CCC(=O)O.CCC(=O)O.[2HH]. The van der Waals surface area contributed by atoms with E-state index < -0.39 is 11.9 Å². The van der Waals surface area contributed by atoms with E-state index in [0.29, 0.717) is 0 Å². The first-order valence-corrected chi connectivity index (χ1v) is 4.69. The molecule has 0 aliphatic carbocycles. The molecule has 0 saturated carbocycles. The van der Waals surface area contributed by atoms with E-state index in [1.54, 1.807) is 20.2 Å². The summed E-state index contributed by atoms with van der Waals surface area (Å²) in [5, 5.41) is 18.4. The first-order chi connectivity index (χ1) is 7.04. The number of nitrogens with one attached hydrogen (secondary N) is 1. The first-order valence-electron chi connectivity index (χ1n) is 4.69. The van der Waals surface area contributed by atoms with Gasteiger partial charge in [-0.3, -0.25) is 14.6 Å². The van der Waals surface area contributed by atoms with Crippen molar-refractivity contribution >= 4 is 18.3 Å². The van der Waals surface area contributed by atoms with Crippen LogP contribution in [0.4, 0.5) is 0 Å². The second-order valence-electron chi connectivity index (χ2n) is 2.48. The van der Waals surface area contributed by atoms with Crippen molar-refractivity contribution in [3.05, 3.63) is 0 Å². The molecule has 1 heterocycles. The van der Waals surface area contributed by atoms with E-state index in [9.17, 15) is 9.59 Å². The molecule has 0 aromatic carbocycles. The van der Waals surface area contributed by atoms with E-state index in [-0.39, 0.29) is 14.3 Å². The molecule has 0 atom stereocenters. The van der Waals surface area contributed by atoms with E-state index in [4.69, 9.17) is 10.2 Å². The summed E-state index contributed by atoms with van der Waals surface area (Å²) in [6, 6.07) is 0. The van der Waals surface area contributed by atoms with Gasteiger partial charge >= 0.3 is 11.9 Å². The number of carboxylic acid groups (broad SMARTS) is 2. The van der Waals surface area contributed by atoms with Gasteiger partial charge in [-0.2, -0.15) is 0 Å². The van der Waals surface area contributed by atoms with Crippen LogP contribution in [0.2, 0.25) is 0 Å². The van der Waals surface area contributed by atoms with Gasteiger partial charge in [-0.05, 0) is 0 Å². The molecule has 0 fully saturated rings. The van der Waals surface area contributed by atoms with Gasteiger partial charge < -0.3 is 15.5 Å². The number of hydrogen-bond acceptors (Lipinski definition) is 4. The average Bonchev–Trinajstić information content (AvgIpc) is 2.76. The van der Waals surface area contributed by atoms with Gasteiger partial charge in [0.2, 0.25) is 0 Å². The van der Waals surface area contributed by atoms with Crippen LogP contribution in [0.15, 0.2) is 4.99 Å². The lowest BCUT2D eigenvalue weighted by molar-refractivity contribution is -0.137. The monoisotopic (exact) mass is 221 g/mol. The number of carboxylic acids is 2. The Morgan fingerprint density at radius 1 is 1.33 bits per heavy atom. The summed E-state index contributed by atoms with van der Waals surface area (Å²) in [6.07, 6.45) is 2.18. The Kier molecular flexibility index (Phi) is 13.1. The van der Waals surface area contributed by atoms with Crippen LogP contribution in [0.3, 0.4) is 0 Å². The average molecular weight is 221 g/mol. The van der Waals surface area contributed by atoms with Gasteiger partial charge in [-0.15, -0.1) is 0 Å². The fourth-order valence-electron chi connectivity index (χ4n) is 0.323. The van der Waals surface area contributed by atoms with E-state index in [2.05, 4.69) is 10.3 Å². The van der Waals surface area contributed by atoms with Crippen molar-refractivity contribution in [1.82, 2.24) is 5.32 Å². The summed E-state index contributed by atoms with van der Waals surface area (Å²) < 4.78 is 0. The van der Waals surface area contributed by atoms with E-state index >= 15 is 0 Å². The summed E-state index contributed by atoms with van der Waals surface area (Å²) in [5.41, 5.74) is 0. The molecule has 6 nitrogen and oxygen atoms in total. The number of aliphatic imine (C=N–C) groups is 1. The predicted octanol–water partition coefficient (Wildman–Crippen LogP) is 0.826. The number of carbonyl (C=O) groups is 2. The van der Waals surface area contributed by atoms with Gasteiger partial charge in [0.05, 0.1) is 12.9 Å². The third-order valence-corrected chi connectivity index (χ3v) is 1.17. The Labute approximate surface area is 90.5 Å². The molecule has 90 valence electrons. The van der Waals surface area contributed by atoms with Gasteiger partial charge in [0.25, 0.3) is 0 Å². The van der Waals surface area contributed by atoms with E-state index in [0.717, 1.165) is 13.1 Å². The second-order valence-corrected chi connectivity index (χ2v) is 2.48. The molecule has 1 aliphatic rings. The highest BCUT2D eigenvalue weighted by molar-refractivity contribution is 5.66. The van der Waals surface area contributed by atoms with Crippen LogP contribution in [-0.2, 0) is 9.59 Å². The molecule has 1 aliphatic heterocycles. The Balaban J connectivity index is -0.000000154. The Bertz CT molecular complexity index is 190. The molecule has 0 aromatic rings. The zero-order valence-electron chi connectivity index (χ0n) is 9.06. The highest BCUT2D eigenvalue weighted by atomic mass is 16.4. The van der Waals surface area contributed by atoms with Crippen molar-refractivity contribution in [1.29, 1.82) is 0 Å². The molecule has 0 saturated heterocycles. The smallest absolute Gasteiger partial charge is 0.303 e. The van der Waals surface area contributed by atoms with E-state index in [1.165, 1.54) is 0 Å². The molecule has 3 N–H and O–H groups in total. The van der Waals surface area contributed by atoms with Crippen LogP contribution in [0.1, 0.15) is 28.1 Å². The van der Waals surface area contributed by atoms with Gasteiger partial charge in [-0.1, -0.05) is 13.8 Å². The molecule has 1 rings (SSSR count). The lowest BCUT2D eigenvalue weighted by Gasteiger charge is -1.75. The van der Waals surface area contributed by atoms with E-state index in [1.807, 2.05) is 0 Å². The minimum absolute atomic E-state index is 0. The van der Waals surface area contributed by atoms with Crippen molar-refractivity contribution in [2.45, 2.75) is 26.7 Å². The zero-order chi connectivity index (χ0) is 12.1. The Hall–Kier alpha value is -1.59. The molecule has 6 heteroatoms. The standard InChI is InChI=1S/C3H6N2.2C3H6O2.H2/c1-2-5-3-4-1;2*1-2-3(4)5;/h3H,1-2H2,(H,4,5);2*2H2,1H3,(H,4,5);1H/i;;;1+1. The van der Waals surface area contributed by atoms with Crippen LogP contribution in [0, 0.1) is 0 Å². The number of rotatable bonds is 2. The molecule has 15 heavy (non-hydrogen) atoms. The van der Waals surface area contributed by atoms with Gasteiger partial charge in [-0.25, -0.2) is 0 Å². The highest BCUT2D eigenvalue weighted by Gasteiger charge is 1.82. The normalized spacial score (nSPS) is 11.3. The van der Waals surface area contributed by atoms with Crippen LogP contribution in [0.5, 0.6) is 0 Å². The van der Waals surface area contributed by atoms with Crippen LogP contribution >= 0.6 is 0 Å². The zero-order valence-corrected chi connectivity index (χ0v) is 9.06. The summed E-state index contributed by atoms with van der Waals surface area (Å²) in [5.74, 6) is -1.49. The van der Waals surface area contributed by atoms with Crippen LogP contribution < -0.4 is 5.32 Å². The number of nitrogens with zero attached hydrogens (tertiary/aromatic N) is 1. The topological polar surface area (TPSA) is 99.0 Å². The van der Waals surface area contributed by atoms with Crippen molar-refractivity contribution in [2.75, 3.05) is 13.1 Å². The molecule has 0 amide bonds. The van der Waals surface area contributed by atoms with Crippen LogP contribution in [0.25, 0.3) is 0 Å². The number of hydrogen-bond donors (Lipinski definition) is 3.